The summed E-state index contributed by atoms with van der Waals surface area (Å²) >= 11 is 0. The van der Waals surface area contributed by atoms with E-state index in [4.69, 9.17) is 9.47 Å². The first-order valence-electron chi connectivity index (χ1n) is 8.20. The van der Waals surface area contributed by atoms with Crippen molar-refractivity contribution in [3.8, 4) is 11.5 Å². The number of carbonyl (C=O) groups is 2. The highest BCUT2D eigenvalue weighted by Crippen LogP contribution is 2.40. The molecule has 1 heterocycles. The fraction of sp³-hybridized carbons (Fsp3) is 0.300. The second-order valence-electron chi connectivity index (χ2n) is 6.12. The molecule has 1 aliphatic rings. The average molecular weight is 339 g/mol. The lowest BCUT2D eigenvalue weighted by Gasteiger charge is -2.21. The van der Waals surface area contributed by atoms with Gasteiger partial charge in [0.15, 0.2) is 0 Å². The Bertz CT molecular complexity index is 788. The lowest BCUT2D eigenvalue weighted by molar-refractivity contribution is -0.122. The third-order valence-electron chi connectivity index (χ3n) is 4.74. The molecule has 0 saturated carbocycles. The Kier molecular flexibility index (Phi) is 4.74. The molecule has 0 aromatic heterocycles. The number of methoxy groups -OCH3 is 2. The van der Waals surface area contributed by atoms with Gasteiger partial charge in [-0.05, 0) is 23.6 Å². The number of anilines is 1. The topological polar surface area (TPSA) is 55.8 Å². The molecule has 5 heteroatoms. The van der Waals surface area contributed by atoms with E-state index < -0.39 is 0 Å². The summed E-state index contributed by atoms with van der Waals surface area (Å²) in [5.74, 6) is 0.189. The first kappa shape index (κ1) is 17.0. The van der Waals surface area contributed by atoms with Crippen LogP contribution in [0.4, 0.5) is 5.69 Å². The second-order valence-corrected chi connectivity index (χ2v) is 6.12. The Morgan fingerprint density at radius 2 is 1.76 bits per heavy atom. The zero-order chi connectivity index (χ0) is 18.0. The van der Waals surface area contributed by atoms with E-state index in [-0.39, 0.29) is 30.1 Å². The summed E-state index contributed by atoms with van der Waals surface area (Å²) in [5.41, 5.74) is 1.48. The van der Waals surface area contributed by atoms with Crippen molar-refractivity contribution in [1.29, 1.82) is 0 Å². The van der Waals surface area contributed by atoms with Crippen LogP contribution in [0.3, 0.4) is 0 Å². The fourth-order valence-corrected chi connectivity index (χ4v) is 3.26. The molecule has 0 N–H and O–H groups in total. The lowest BCUT2D eigenvalue weighted by atomic mass is 9.86. The smallest absolute Gasteiger partial charge is 0.238 e. The Morgan fingerprint density at radius 1 is 1.04 bits per heavy atom. The molecule has 2 aromatic carbocycles. The van der Waals surface area contributed by atoms with E-state index in [1.165, 1.54) is 12.0 Å². The van der Waals surface area contributed by atoms with Crippen LogP contribution in [0.2, 0.25) is 0 Å². The molecule has 1 aliphatic heterocycles. The van der Waals surface area contributed by atoms with Gasteiger partial charge in [0.05, 0.1) is 25.8 Å². The van der Waals surface area contributed by atoms with Crippen molar-refractivity contribution in [2.45, 2.75) is 19.3 Å². The quantitative estimate of drug-likeness (QED) is 0.784. The predicted octanol–water partition coefficient (Wildman–Crippen LogP) is 3.39. The fourth-order valence-electron chi connectivity index (χ4n) is 3.26. The number of carbonyl (C=O) groups excluding carboxylic acids is 2. The van der Waals surface area contributed by atoms with Crippen LogP contribution in [0.5, 0.6) is 11.5 Å². The van der Waals surface area contributed by atoms with Crippen LogP contribution in [0.25, 0.3) is 0 Å². The molecule has 0 unspecified atom stereocenters. The number of ether oxygens (including phenoxy) is 2. The summed E-state index contributed by atoms with van der Waals surface area (Å²) in [6.07, 6.45) is 0.190. The highest BCUT2D eigenvalue weighted by atomic mass is 16.5. The molecule has 0 bridgehead atoms. The standard InChI is InChI=1S/C20H21NO4/c1-13(14-7-5-4-6-8-14)16-12-19(22)21(20(16)23)17-11-15(24-2)9-10-18(17)25-3/h4-11,13,16H,12H2,1-3H3/t13-,16-/m0/s1. The van der Waals surface area contributed by atoms with Gasteiger partial charge >= 0.3 is 0 Å². The van der Waals surface area contributed by atoms with Gasteiger partial charge < -0.3 is 9.47 Å². The molecular weight excluding hydrogens is 318 g/mol. The summed E-state index contributed by atoms with van der Waals surface area (Å²) < 4.78 is 10.6. The molecule has 25 heavy (non-hydrogen) atoms. The van der Waals surface area contributed by atoms with Crippen molar-refractivity contribution in [3.05, 3.63) is 54.1 Å². The number of hydrogen-bond donors (Lipinski definition) is 0. The van der Waals surface area contributed by atoms with Crippen molar-refractivity contribution in [2.24, 2.45) is 5.92 Å². The summed E-state index contributed by atoms with van der Waals surface area (Å²) in [4.78, 5) is 26.8. The first-order valence-corrected chi connectivity index (χ1v) is 8.20. The van der Waals surface area contributed by atoms with Crippen LogP contribution >= 0.6 is 0 Å². The largest absolute Gasteiger partial charge is 0.497 e. The number of benzene rings is 2. The molecule has 1 fully saturated rings. The SMILES string of the molecule is COc1ccc(OC)c(N2C(=O)C[C@@H]([C@@H](C)c3ccccc3)C2=O)c1. The van der Waals surface area contributed by atoms with Crippen molar-refractivity contribution < 1.29 is 19.1 Å². The van der Waals surface area contributed by atoms with Crippen molar-refractivity contribution >= 4 is 17.5 Å². The van der Waals surface area contributed by atoms with Crippen LogP contribution in [0.15, 0.2) is 48.5 Å². The van der Waals surface area contributed by atoms with Crippen LogP contribution in [-0.4, -0.2) is 26.0 Å². The number of nitrogens with zero attached hydrogens (tertiary/aromatic N) is 1. The van der Waals surface area contributed by atoms with Gasteiger partial charge in [0.2, 0.25) is 11.8 Å². The van der Waals surface area contributed by atoms with Gasteiger partial charge in [0.25, 0.3) is 0 Å². The van der Waals surface area contributed by atoms with E-state index in [2.05, 4.69) is 0 Å². The minimum Gasteiger partial charge on any atom is -0.497 e. The highest BCUT2D eigenvalue weighted by molar-refractivity contribution is 6.22. The summed E-state index contributed by atoms with van der Waals surface area (Å²) in [5, 5.41) is 0. The molecule has 130 valence electrons. The number of rotatable bonds is 5. The average Bonchev–Trinajstić information content (AvgIpc) is 2.95. The minimum absolute atomic E-state index is 0.0424. The van der Waals surface area contributed by atoms with E-state index in [0.29, 0.717) is 17.2 Å². The van der Waals surface area contributed by atoms with Crippen LogP contribution in [0.1, 0.15) is 24.8 Å². The molecule has 2 atom stereocenters. The van der Waals surface area contributed by atoms with E-state index in [0.717, 1.165) is 5.56 Å². The van der Waals surface area contributed by atoms with Gasteiger partial charge in [-0.3, -0.25) is 9.59 Å². The molecule has 3 rings (SSSR count). The summed E-state index contributed by atoms with van der Waals surface area (Å²) in [6, 6.07) is 14.9. The van der Waals surface area contributed by atoms with Crippen molar-refractivity contribution in [1.82, 2.24) is 0 Å². The maximum Gasteiger partial charge on any atom is 0.238 e. The van der Waals surface area contributed by atoms with Crippen LogP contribution in [-0.2, 0) is 9.59 Å². The third kappa shape index (κ3) is 3.09. The van der Waals surface area contributed by atoms with Gasteiger partial charge in [-0.15, -0.1) is 0 Å². The number of imide groups is 1. The molecule has 0 spiro atoms. The monoisotopic (exact) mass is 339 g/mol. The molecular formula is C20H21NO4. The molecule has 0 aliphatic carbocycles. The molecule has 2 aromatic rings. The van der Waals surface area contributed by atoms with Crippen LogP contribution in [0, 0.1) is 5.92 Å². The molecule has 1 saturated heterocycles. The van der Waals surface area contributed by atoms with E-state index in [1.54, 1.807) is 25.3 Å². The van der Waals surface area contributed by atoms with Gasteiger partial charge in [-0.1, -0.05) is 37.3 Å². The zero-order valence-electron chi connectivity index (χ0n) is 14.6. The zero-order valence-corrected chi connectivity index (χ0v) is 14.6. The van der Waals surface area contributed by atoms with Crippen molar-refractivity contribution in [2.75, 3.05) is 19.1 Å². The first-order chi connectivity index (χ1) is 12.1. The van der Waals surface area contributed by atoms with Crippen molar-refractivity contribution in [3.63, 3.8) is 0 Å². The van der Waals surface area contributed by atoms with E-state index in [9.17, 15) is 9.59 Å². The molecule has 5 nitrogen and oxygen atoms in total. The van der Waals surface area contributed by atoms with Crippen LogP contribution < -0.4 is 14.4 Å². The van der Waals surface area contributed by atoms with E-state index >= 15 is 0 Å². The normalized spacial score (nSPS) is 18.4. The Labute approximate surface area is 147 Å². The predicted molar refractivity (Wildman–Crippen MR) is 95.0 cm³/mol. The maximum absolute atomic E-state index is 13.0. The Morgan fingerprint density at radius 3 is 2.40 bits per heavy atom. The van der Waals surface area contributed by atoms with Gasteiger partial charge in [-0.2, -0.15) is 0 Å². The minimum atomic E-state index is -0.384. The number of amides is 2. The Balaban J connectivity index is 1.95. The lowest BCUT2D eigenvalue weighted by Crippen LogP contribution is -2.31. The maximum atomic E-state index is 13.0. The molecule has 0 radical (unpaired) electrons. The third-order valence-corrected chi connectivity index (χ3v) is 4.74. The highest BCUT2D eigenvalue weighted by Gasteiger charge is 2.43. The van der Waals surface area contributed by atoms with E-state index in [1.807, 2.05) is 37.3 Å². The Hall–Kier alpha value is -2.82. The summed E-state index contributed by atoms with van der Waals surface area (Å²) in [6.45, 7) is 1.98. The van der Waals surface area contributed by atoms with Gasteiger partial charge in [0, 0.05) is 12.5 Å². The molecule has 2 amide bonds. The number of hydrogen-bond acceptors (Lipinski definition) is 4. The second kappa shape index (κ2) is 6.97. The van der Waals surface area contributed by atoms with Gasteiger partial charge in [0.1, 0.15) is 11.5 Å². The summed E-state index contributed by atoms with van der Waals surface area (Å²) in [7, 11) is 3.06. The van der Waals surface area contributed by atoms with Gasteiger partial charge in [-0.25, -0.2) is 4.90 Å².